The van der Waals surface area contributed by atoms with E-state index < -0.39 is 0 Å². The number of ether oxygens (including phenoxy) is 1. The third kappa shape index (κ3) is 4.53. The molecule has 0 aliphatic rings. The molecular formula is C16H26N2O2. The number of hydrogen-bond donors (Lipinski definition) is 2. The molecule has 1 unspecified atom stereocenters. The van der Waals surface area contributed by atoms with E-state index in [0.717, 1.165) is 17.0 Å². The Hall–Kier alpha value is -1.55. The van der Waals surface area contributed by atoms with Gasteiger partial charge in [-0.15, -0.1) is 0 Å². The summed E-state index contributed by atoms with van der Waals surface area (Å²) in [6.45, 7) is 10.3. The lowest BCUT2D eigenvalue weighted by Gasteiger charge is -2.19. The fourth-order valence-electron chi connectivity index (χ4n) is 2.03. The molecule has 20 heavy (non-hydrogen) atoms. The van der Waals surface area contributed by atoms with E-state index in [-0.39, 0.29) is 23.8 Å². The number of hydrogen-bond acceptors (Lipinski definition) is 3. The highest BCUT2D eigenvalue weighted by Crippen LogP contribution is 2.23. The highest BCUT2D eigenvalue weighted by Gasteiger charge is 2.21. The lowest BCUT2D eigenvalue weighted by molar-refractivity contribution is -0.120. The van der Waals surface area contributed by atoms with Crippen molar-refractivity contribution < 1.29 is 9.53 Å². The van der Waals surface area contributed by atoms with E-state index >= 15 is 0 Å². The van der Waals surface area contributed by atoms with Gasteiger partial charge in [-0.3, -0.25) is 4.79 Å². The van der Waals surface area contributed by atoms with Crippen LogP contribution < -0.4 is 15.8 Å². The van der Waals surface area contributed by atoms with Crippen molar-refractivity contribution in [3.63, 3.8) is 0 Å². The molecule has 0 fully saturated rings. The fourth-order valence-corrected chi connectivity index (χ4v) is 2.03. The van der Waals surface area contributed by atoms with Crippen LogP contribution in [0.3, 0.4) is 0 Å². The predicted molar refractivity (Wildman–Crippen MR) is 83.0 cm³/mol. The number of amides is 1. The Morgan fingerprint density at radius 2 is 1.95 bits per heavy atom. The molecule has 112 valence electrons. The molecule has 0 bridgehead atoms. The van der Waals surface area contributed by atoms with Crippen molar-refractivity contribution in [1.29, 1.82) is 0 Å². The minimum Gasteiger partial charge on any atom is -0.491 e. The van der Waals surface area contributed by atoms with Crippen LogP contribution in [0, 0.1) is 18.8 Å². The largest absolute Gasteiger partial charge is 0.491 e. The van der Waals surface area contributed by atoms with Crippen LogP contribution in [0.25, 0.3) is 0 Å². The van der Waals surface area contributed by atoms with Crippen LogP contribution in [-0.2, 0) is 4.79 Å². The van der Waals surface area contributed by atoms with Crippen LogP contribution in [0.5, 0.6) is 5.75 Å². The minimum atomic E-state index is -0.166. The first-order valence-corrected chi connectivity index (χ1v) is 7.13. The van der Waals surface area contributed by atoms with E-state index in [0.29, 0.717) is 6.54 Å². The van der Waals surface area contributed by atoms with Gasteiger partial charge in [0.2, 0.25) is 5.91 Å². The summed E-state index contributed by atoms with van der Waals surface area (Å²) in [6, 6.07) is 5.68. The Morgan fingerprint density at radius 1 is 1.30 bits per heavy atom. The molecule has 0 saturated carbocycles. The number of rotatable bonds is 6. The molecule has 0 aliphatic heterocycles. The average Bonchev–Trinajstić information content (AvgIpc) is 2.32. The van der Waals surface area contributed by atoms with Gasteiger partial charge in [0.25, 0.3) is 0 Å². The van der Waals surface area contributed by atoms with Crippen molar-refractivity contribution in [2.45, 2.75) is 40.7 Å². The maximum Gasteiger partial charge on any atom is 0.229 e. The molecule has 1 rings (SSSR count). The van der Waals surface area contributed by atoms with Gasteiger partial charge < -0.3 is 15.8 Å². The van der Waals surface area contributed by atoms with Gasteiger partial charge in [-0.25, -0.2) is 0 Å². The van der Waals surface area contributed by atoms with Gasteiger partial charge in [0.1, 0.15) is 5.75 Å². The van der Waals surface area contributed by atoms with Gasteiger partial charge in [-0.2, -0.15) is 0 Å². The topological polar surface area (TPSA) is 64.3 Å². The predicted octanol–water partition coefficient (Wildman–Crippen LogP) is 2.95. The molecule has 0 heterocycles. The maximum atomic E-state index is 12.2. The smallest absolute Gasteiger partial charge is 0.229 e. The first-order valence-electron chi connectivity index (χ1n) is 7.13. The Morgan fingerprint density at radius 3 is 2.40 bits per heavy atom. The maximum absolute atomic E-state index is 12.2. The van der Waals surface area contributed by atoms with E-state index in [1.54, 1.807) is 0 Å². The summed E-state index contributed by atoms with van der Waals surface area (Å²) < 4.78 is 5.63. The number of anilines is 1. The second-order valence-electron chi connectivity index (χ2n) is 5.72. The van der Waals surface area contributed by atoms with E-state index in [4.69, 9.17) is 10.5 Å². The van der Waals surface area contributed by atoms with Gasteiger partial charge in [-0.1, -0.05) is 13.8 Å². The van der Waals surface area contributed by atoms with Gasteiger partial charge in [-0.05, 0) is 50.5 Å². The van der Waals surface area contributed by atoms with Crippen molar-refractivity contribution in [1.82, 2.24) is 0 Å². The summed E-state index contributed by atoms with van der Waals surface area (Å²) in [5.41, 5.74) is 7.46. The van der Waals surface area contributed by atoms with E-state index in [9.17, 15) is 4.79 Å². The summed E-state index contributed by atoms with van der Waals surface area (Å²) in [7, 11) is 0. The molecule has 1 atom stereocenters. The van der Waals surface area contributed by atoms with Gasteiger partial charge in [0.15, 0.2) is 0 Å². The summed E-state index contributed by atoms with van der Waals surface area (Å²) >= 11 is 0. The Kier molecular flexibility index (Phi) is 6.02. The number of carbonyl (C=O) groups is 1. The van der Waals surface area contributed by atoms with Crippen LogP contribution in [0.2, 0.25) is 0 Å². The van der Waals surface area contributed by atoms with Crippen LogP contribution in [0.15, 0.2) is 18.2 Å². The summed E-state index contributed by atoms with van der Waals surface area (Å²) in [4.78, 5) is 12.2. The SMILES string of the molecule is Cc1cc(OC(C)C)ccc1NC(=O)C(CN)C(C)C. The van der Waals surface area contributed by atoms with Gasteiger partial charge in [0.05, 0.1) is 12.0 Å². The summed E-state index contributed by atoms with van der Waals surface area (Å²) in [5.74, 6) is 0.850. The molecule has 1 aromatic rings. The zero-order valence-corrected chi connectivity index (χ0v) is 13.1. The third-order valence-corrected chi connectivity index (χ3v) is 3.22. The molecule has 0 aliphatic carbocycles. The fraction of sp³-hybridized carbons (Fsp3) is 0.562. The minimum absolute atomic E-state index is 0.0249. The molecule has 3 N–H and O–H groups in total. The van der Waals surface area contributed by atoms with Crippen molar-refractivity contribution >= 4 is 11.6 Å². The first-order chi connectivity index (χ1) is 9.35. The number of benzene rings is 1. The molecule has 0 aromatic heterocycles. The van der Waals surface area contributed by atoms with Crippen LogP contribution in [0.1, 0.15) is 33.3 Å². The monoisotopic (exact) mass is 278 g/mol. The second-order valence-corrected chi connectivity index (χ2v) is 5.72. The second kappa shape index (κ2) is 7.29. The Balaban J connectivity index is 2.80. The van der Waals surface area contributed by atoms with Crippen LogP contribution in [0.4, 0.5) is 5.69 Å². The number of nitrogens with two attached hydrogens (primary N) is 1. The molecule has 0 radical (unpaired) electrons. The molecule has 4 nitrogen and oxygen atoms in total. The quantitative estimate of drug-likeness (QED) is 0.841. The van der Waals surface area contributed by atoms with Crippen molar-refractivity contribution in [3.8, 4) is 5.75 Å². The molecule has 0 saturated heterocycles. The van der Waals surface area contributed by atoms with Gasteiger partial charge >= 0.3 is 0 Å². The van der Waals surface area contributed by atoms with Crippen LogP contribution >= 0.6 is 0 Å². The Bertz CT molecular complexity index is 456. The first kappa shape index (κ1) is 16.5. The van der Waals surface area contributed by atoms with Crippen molar-refractivity contribution in [3.05, 3.63) is 23.8 Å². The number of carbonyl (C=O) groups excluding carboxylic acids is 1. The normalized spacial score (nSPS) is 12.6. The highest BCUT2D eigenvalue weighted by molar-refractivity contribution is 5.93. The zero-order chi connectivity index (χ0) is 15.3. The molecule has 1 aromatic carbocycles. The lowest BCUT2D eigenvalue weighted by Crippen LogP contribution is -2.33. The van der Waals surface area contributed by atoms with Gasteiger partial charge in [0, 0.05) is 12.2 Å². The molecular weight excluding hydrogens is 252 g/mol. The molecule has 4 heteroatoms. The number of aryl methyl sites for hydroxylation is 1. The zero-order valence-electron chi connectivity index (χ0n) is 13.1. The molecule has 0 spiro atoms. The van der Waals surface area contributed by atoms with E-state index in [2.05, 4.69) is 5.32 Å². The Labute approximate surface area is 121 Å². The van der Waals surface area contributed by atoms with Crippen LogP contribution in [-0.4, -0.2) is 18.6 Å². The lowest BCUT2D eigenvalue weighted by atomic mass is 9.95. The average molecular weight is 278 g/mol. The van der Waals surface area contributed by atoms with E-state index in [1.165, 1.54) is 0 Å². The number of nitrogens with one attached hydrogen (secondary N) is 1. The van der Waals surface area contributed by atoms with E-state index in [1.807, 2.05) is 52.8 Å². The van der Waals surface area contributed by atoms with Crippen molar-refractivity contribution in [2.24, 2.45) is 17.6 Å². The summed E-state index contributed by atoms with van der Waals surface area (Å²) in [6.07, 6.45) is 0.136. The van der Waals surface area contributed by atoms with Crippen molar-refractivity contribution in [2.75, 3.05) is 11.9 Å². The summed E-state index contributed by atoms with van der Waals surface area (Å²) in [5, 5.41) is 2.95. The molecule has 1 amide bonds. The standard InChI is InChI=1S/C16H26N2O2/c1-10(2)14(9-17)16(19)18-15-7-6-13(8-12(15)5)20-11(3)4/h6-8,10-11,14H,9,17H2,1-5H3,(H,18,19). The highest BCUT2D eigenvalue weighted by atomic mass is 16.5. The third-order valence-electron chi connectivity index (χ3n) is 3.22.